The van der Waals surface area contributed by atoms with Crippen molar-refractivity contribution in [1.82, 2.24) is 5.32 Å². The summed E-state index contributed by atoms with van der Waals surface area (Å²) in [6.45, 7) is -0.0888. The van der Waals surface area contributed by atoms with E-state index in [9.17, 15) is 9.90 Å². The zero-order chi connectivity index (χ0) is 13.7. The number of hydrogen-bond donors (Lipinski definition) is 3. The standard InChI is InChI=1S/C14H19NO4/c16-8-10-6-11(7-13(10)17)15-14(18)9-19-12-4-2-1-3-5-12/h1-5,10-11,13,16-17H,6-9H2,(H,15,18)/t10-,11-,13+/m0/s1. The lowest BCUT2D eigenvalue weighted by Crippen LogP contribution is -2.36. The predicted molar refractivity (Wildman–Crippen MR) is 69.7 cm³/mol. The van der Waals surface area contributed by atoms with Crippen LogP contribution in [-0.2, 0) is 4.79 Å². The third-order valence-electron chi connectivity index (χ3n) is 3.37. The summed E-state index contributed by atoms with van der Waals surface area (Å²) in [7, 11) is 0. The quantitative estimate of drug-likeness (QED) is 0.716. The van der Waals surface area contributed by atoms with E-state index in [0.717, 1.165) is 0 Å². The first-order valence-corrected chi connectivity index (χ1v) is 6.45. The Balaban J connectivity index is 1.73. The third-order valence-corrected chi connectivity index (χ3v) is 3.37. The molecule has 1 fully saturated rings. The molecule has 0 radical (unpaired) electrons. The summed E-state index contributed by atoms with van der Waals surface area (Å²) in [5.41, 5.74) is 0. The van der Waals surface area contributed by atoms with Crippen molar-refractivity contribution in [2.24, 2.45) is 5.92 Å². The highest BCUT2D eigenvalue weighted by Gasteiger charge is 2.33. The van der Waals surface area contributed by atoms with Crippen LogP contribution in [0.15, 0.2) is 30.3 Å². The maximum Gasteiger partial charge on any atom is 0.258 e. The van der Waals surface area contributed by atoms with E-state index < -0.39 is 6.10 Å². The van der Waals surface area contributed by atoms with Gasteiger partial charge < -0.3 is 20.3 Å². The van der Waals surface area contributed by atoms with E-state index >= 15 is 0 Å². The molecule has 0 spiro atoms. The molecule has 0 heterocycles. The SMILES string of the molecule is O=C(COc1ccccc1)N[C@H]1C[C@@H](CO)[C@H](O)C1. The van der Waals surface area contributed by atoms with Gasteiger partial charge in [-0.05, 0) is 25.0 Å². The zero-order valence-electron chi connectivity index (χ0n) is 10.7. The molecule has 104 valence electrons. The van der Waals surface area contributed by atoms with Gasteiger partial charge in [0.2, 0.25) is 0 Å². The number of ether oxygens (including phenoxy) is 1. The van der Waals surface area contributed by atoms with E-state index in [1.165, 1.54) is 0 Å². The molecule has 0 saturated heterocycles. The van der Waals surface area contributed by atoms with Crippen LogP contribution in [0, 0.1) is 5.92 Å². The second-order valence-corrected chi connectivity index (χ2v) is 4.85. The van der Waals surface area contributed by atoms with E-state index in [2.05, 4.69) is 5.32 Å². The second kappa shape index (κ2) is 6.54. The molecule has 1 aromatic rings. The van der Waals surface area contributed by atoms with E-state index in [0.29, 0.717) is 18.6 Å². The number of nitrogens with one attached hydrogen (secondary N) is 1. The van der Waals surface area contributed by atoms with Crippen molar-refractivity contribution in [1.29, 1.82) is 0 Å². The normalized spacial score (nSPS) is 26.1. The van der Waals surface area contributed by atoms with Crippen molar-refractivity contribution in [2.75, 3.05) is 13.2 Å². The maximum atomic E-state index is 11.7. The largest absolute Gasteiger partial charge is 0.484 e. The van der Waals surface area contributed by atoms with Gasteiger partial charge in [-0.1, -0.05) is 18.2 Å². The summed E-state index contributed by atoms with van der Waals surface area (Å²) in [5, 5.41) is 21.5. The van der Waals surface area contributed by atoms with Crippen LogP contribution in [0.3, 0.4) is 0 Å². The van der Waals surface area contributed by atoms with Crippen molar-refractivity contribution in [3.05, 3.63) is 30.3 Å². The molecule has 1 amide bonds. The Hall–Kier alpha value is -1.59. The number of rotatable bonds is 5. The van der Waals surface area contributed by atoms with Crippen LogP contribution in [-0.4, -0.2) is 41.5 Å². The first-order valence-electron chi connectivity index (χ1n) is 6.45. The lowest BCUT2D eigenvalue weighted by molar-refractivity contribution is -0.123. The van der Waals surface area contributed by atoms with Crippen molar-refractivity contribution >= 4 is 5.91 Å². The molecule has 5 heteroatoms. The van der Waals surface area contributed by atoms with Crippen LogP contribution in [0.2, 0.25) is 0 Å². The summed E-state index contributed by atoms with van der Waals surface area (Å²) in [6.07, 6.45) is 0.558. The van der Waals surface area contributed by atoms with Gasteiger partial charge in [-0.2, -0.15) is 0 Å². The smallest absolute Gasteiger partial charge is 0.258 e. The first-order chi connectivity index (χ1) is 9.19. The highest BCUT2D eigenvalue weighted by Crippen LogP contribution is 2.25. The predicted octanol–water partition coefficient (Wildman–Crippen LogP) is 0.313. The van der Waals surface area contributed by atoms with Gasteiger partial charge in [0.15, 0.2) is 6.61 Å². The van der Waals surface area contributed by atoms with Gasteiger partial charge in [0, 0.05) is 18.6 Å². The molecule has 5 nitrogen and oxygen atoms in total. The van der Waals surface area contributed by atoms with Gasteiger partial charge in [-0.15, -0.1) is 0 Å². The van der Waals surface area contributed by atoms with Crippen LogP contribution in [0.4, 0.5) is 0 Å². The molecule has 1 aromatic carbocycles. The third kappa shape index (κ3) is 3.94. The molecule has 3 atom stereocenters. The van der Waals surface area contributed by atoms with Gasteiger partial charge in [-0.25, -0.2) is 0 Å². The van der Waals surface area contributed by atoms with E-state index in [4.69, 9.17) is 9.84 Å². The van der Waals surface area contributed by atoms with Crippen LogP contribution in [0.25, 0.3) is 0 Å². The van der Waals surface area contributed by atoms with E-state index in [1.54, 1.807) is 12.1 Å². The van der Waals surface area contributed by atoms with Crippen molar-refractivity contribution < 1.29 is 19.7 Å². The Morgan fingerprint density at radius 3 is 2.68 bits per heavy atom. The highest BCUT2D eigenvalue weighted by atomic mass is 16.5. The van der Waals surface area contributed by atoms with Gasteiger partial charge in [0.1, 0.15) is 5.75 Å². The van der Waals surface area contributed by atoms with E-state index in [1.807, 2.05) is 18.2 Å². The second-order valence-electron chi connectivity index (χ2n) is 4.85. The fraction of sp³-hybridized carbons (Fsp3) is 0.500. The minimum Gasteiger partial charge on any atom is -0.484 e. The fourth-order valence-electron chi connectivity index (χ4n) is 2.35. The molecule has 0 aliphatic heterocycles. The molecule has 19 heavy (non-hydrogen) atoms. The van der Waals surface area contributed by atoms with E-state index in [-0.39, 0.29) is 31.1 Å². The summed E-state index contributed by atoms with van der Waals surface area (Å²) in [5.74, 6) is 0.303. The molecule has 2 rings (SSSR count). The number of carbonyl (C=O) groups is 1. The minimum atomic E-state index is -0.537. The number of para-hydroxylation sites is 1. The first kappa shape index (κ1) is 13.8. The molecular weight excluding hydrogens is 246 g/mol. The average Bonchev–Trinajstić information content (AvgIpc) is 2.77. The summed E-state index contributed by atoms with van der Waals surface area (Å²) >= 11 is 0. The average molecular weight is 265 g/mol. The highest BCUT2D eigenvalue weighted by molar-refractivity contribution is 5.77. The molecular formula is C14H19NO4. The minimum absolute atomic E-state index is 0.0413. The maximum absolute atomic E-state index is 11.7. The Bertz CT molecular complexity index is 409. The Morgan fingerprint density at radius 1 is 1.32 bits per heavy atom. The number of amides is 1. The summed E-state index contributed by atoms with van der Waals surface area (Å²) in [4.78, 5) is 11.7. The number of benzene rings is 1. The molecule has 1 saturated carbocycles. The summed E-state index contributed by atoms with van der Waals surface area (Å²) < 4.78 is 5.33. The molecule has 1 aliphatic carbocycles. The van der Waals surface area contributed by atoms with Crippen LogP contribution >= 0.6 is 0 Å². The van der Waals surface area contributed by atoms with Gasteiger partial charge in [0.05, 0.1) is 6.10 Å². The van der Waals surface area contributed by atoms with Gasteiger partial charge >= 0.3 is 0 Å². The number of aliphatic hydroxyl groups is 2. The summed E-state index contributed by atoms with van der Waals surface area (Å²) in [6, 6.07) is 9.04. The number of carbonyl (C=O) groups excluding carboxylic acids is 1. The number of hydrogen-bond acceptors (Lipinski definition) is 4. The van der Waals surface area contributed by atoms with Crippen LogP contribution < -0.4 is 10.1 Å². The zero-order valence-corrected chi connectivity index (χ0v) is 10.7. The molecule has 0 unspecified atom stereocenters. The number of aliphatic hydroxyl groups excluding tert-OH is 2. The molecule has 0 bridgehead atoms. The fourth-order valence-corrected chi connectivity index (χ4v) is 2.35. The van der Waals surface area contributed by atoms with Crippen molar-refractivity contribution in [3.63, 3.8) is 0 Å². The van der Waals surface area contributed by atoms with Gasteiger partial charge in [-0.3, -0.25) is 4.79 Å². The lowest BCUT2D eigenvalue weighted by atomic mass is 10.1. The van der Waals surface area contributed by atoms with Gasteiger partial charge in [0.25, 0.3) is 5.91 Å². The van der Waals surface area contributed by atoms with Crippen LogP contribution in [0.1, 0.15) is 12.8 Å². The topological polar surface area (TPSA) is 78.8 Å². The van der Waals surface area contributed by atoms with Crippen molar-refractivity contribution in [3.8, 4) is 5.75 Å². The lowest BCUT2D eigenvalue weighted by Gasteiger charge is -2.13. The van der Waals surface area contributed by atoms with Crippen molar-refractivity contribution in [2.45, 2.75) is 25.0 Å². The van der Waals surface area contributed by atoms with Crippen LogP contribution in [0.5, 0.6) is 5.75 Å². The molecule has 1 aliphatic rings. The monoisotopic (exact) mass is 265 g/mol. The molecule has 0 aromatic heterocycles. The Kier molecular flexibility index (Phi) is 4.76. The molecule has 3 N–H and O–H groups in total. The Morgan fingerprint density at radius 2 is 2.05 bits per heavy atom. The Labute approximate surface area is 112 Å².